The molecule has 1 rings (SSSR count). The van der Waals surface area contributed by atoms with E-state index in [1.165, 1.54) is 0 Å². The van der Waals surface area contributed by atoms with Gasteiger partial charge in [-0.1, -0.05) is 13.0 Å². The number of halogens is 2. The van der Waals surface area contributed by atoms with E-state index < -0.39 is 6.17 Å². The fourth-order valence-electron chi connectivity index (χ4n) is 0.913. The lowest BCUT2D eigenvalue weighted by molar-refractivity contribution is 0.314. The van der Waals surface area contributed by atoms with Crippen LogP contribution in [0.3, 0.4) is 0 Å². The van der Waals surface area contributed by atoms with Gasteiger partial charge in [-0.3, -0.25) is 0 Å². The summed E-state index contributed by atoms with van der Waals surface area (Å²) in [5, 5.41) is 0. The van der Waals surface area contributed by atoms with Crippen molar-refractivity contribution in [3.05, 3.63) is 28.5 Å². The van der Waals surface area contributed by atoms with Crippen molar-refractivity contribution >= 4 is 15.9 Å². The molecule has 0 bridgehead atoms. The molecule has 0 aliphatic rings. The fraction of sp³-hybridized carbons (Fsp3) is 0.444. The van der Waals surface area contributed by atoms with E-state index in [0.29, 0.717) is 0 Å². The van der Waals surface area contributed by atoms with Crippen LogP contribution in [0.2, 0.25) is 0 Å². The summed E-state index contributed by atoms with van der Waals surface area (Å²) in [7, 11) is 0. The molecule has 0 spiro atoms. The van der Waals surface area contributed by atoms with Crippen LogP contribution in [0.5, 0.6) is 0 Å². The summed E-state index contributed by atoms with van der Waals surface area (Å²) in [6, 6.07) is 5.54. The van der Waals surface area contributed by atoms with E-state index in [-0.39, 0.29) is 5.92 Å². The van der Waals surface area contributed by atoms with Gasteiger partial charge in [0.2, 0.25) is 0 Å². The first-order valence-electron chi connectivity index (χ1n) is 3.88. The molecule has 2 atom stereocenters. The van der Waals surface area contributed by atoms with E-state index >= 15 is 0 Å². The van der Waals surface area contributed by atoms with Gasteiger partial charge in [0.15, 0.2) is 0 Å². The largest absolute Gasteiger partial charge is 0.247 e. The summed E-state index contributed by atoms with van der Waals surface area (Å²) < 4.78 is 13.6. The molecule has 1 unspecified atom stereocenters. The lowest BCUT2D eigenvalue weighted by atomic mass is 10.0. The molecule has 1 heterocycles. The number of pyridine rings is 1. The van der Waals surface area contributed by atoms with E-state index in [4.69, 9.17) is 0 Å². The van der Waals surface area contributed by atoms with Crippen LogP contribution in [0.25, 0.3) is 0 Å². The van der Waals surface area contributed by atoms with Gasteiger partial charge in [-0.05, 0) is 35.0 Å². The van der Waals surface area contributed by atoms with Crippen molar-refractivity contribution in [3.63, 3.8) is 0 Å². The van der Waals surface area contributed by atoms with Gasteiger partial charge in [0.1, 0.15) is 10.8 Å². The van der Waals surface area contributed by atoms with E-state index in [1.54, 1.807) is 6.92 Å². The third kappa shape index (κ3) is 2.27. The van der Waals surface area contributed by atoms with Gasteiger partial charge in [-0.25, -0.2) is 9.37 Å². The Morgan fingerprint density at radius 3 is 2.58 bits per heavy atom. The van der Waals surface area contributed by atoms with Crippen LogP contribution in [0.4, 0.5) is 4.39 Å². The monoisotopic (exact) mass is 231 g/mol. The highest BCUT2D eigenvalue weighted by molar-refractivity contribution is 9.10. The Kier molecular flexibility index (Phi) is 3.20. The van der Waals surface area contributed by atoms with Gasteiger partial charge in [0, 0.05) is 11.6 Å². The molecule has 0 fully saturated rings. The highest BCUT2D eigenvalue weighted by Crippen LogP contribution is 2.20. The first-order valence-corrected chi connectivity index (χ1v) is 4.67. The first kappa shape index (κ1) is 9.65. The molecule has 0 radical (unpaired) electrons. The molecule has 1 nitrogen and oxygen atoms in total. The van der Waals surface area contributed by atoms with Gasteiger partial charge in [-0.15, -0.1) is 0 Å². The molecule has 3 heteroatoms. The zero-order chi connectivity index (χ0) is 9.14. The number of aromatic nitrogens is 1. The predicted molar refractivity (Wildman–Crippen MR) is 50.9 cm³/mol. The maximum atomic E-state index is 12.9. The van der Waals surface area contributed by atoms with Gasteiger partial charge in [0.25, 0.3) is 0 Å². The Balaban J connectivity index is 2.88. The number of alkyl halides is 1. The Labute approximate surface area is 80.1 Å². The van der Waals surface area contributed by atoms with E-state index in [0.717, 1.165) is 10.3 Å². The van der Waals surface area contributed by atoms with Crippen LogP contribution in [-0.4, -0.2) is 11.2 Å². The number of nitrogens with zero attached hydrogens (tertiary/aromatic N) is 1. The van der Waals surface area contributed by atoms with Crippen molar-refractivity contribution in [1.82, 2.24) is 4.98 Å². The van der Waals surface area contributed by atoms with Crippen molar-refractivity contribution in [3.8, 4) is 0 Å². The van der Waals surface area contributed by atoms with Gasteiger partial charge >= 0.3 is 0 Å². The minimum absolute atomic E-state index is 0.137. The maximum absolute atomic E-state index is 12.9. The average molecular weight is 232 g/mol. The highest BCUT2D eigenvalue weighted by atomic mass is 79.9. The number of rotatable bonds is 2. The Morgan fingerprint density at radius 1 is 1.42 bits per heavy atom. The third-order valence-corrected chi connectivity index (χ3v) is 2.33. The number of hydrogen-bond acceptors (Lipinski definition) is 1. The molecule has 66 valence electrons. The topological polar surface area (TPSA) is 12.9 Å². The molecule has 0 aliphatic carbocycles. The summed E-state index contributed by atoms with van der Waals surface area (Å²) in [4.78, 5) is 4.17. The van der Waals surface area contributed by atoms with Crippen molar-refractivity contribution in [2.75, 3.05) is 0 Å². The lowest BCUT2D eigenvalue weighted by Gasteiger charge is -2.11. The molecule has 0 saturated carbocycles. The van der Waals surface area contributed by atoms with Crippen LogP contribution in [0, 0.1) is 0 Å². The van der Waals surface area contributed by atoms with Crippen molar-refractivity contribution < 1.29 is 4.39 Å². The first-order chi connectivity index (χ1) is 5.61. The molecule has 0 amide bonds. The zero-order valence-corrected chi connectivity index (χ0v) is 8.68. The Hall–Kier alpha value is -0.440. The molecular formula is C9H11BrFN. The van der Waals surface area contributed by atoms with E-state index in [1.807, 2.05) is 25.1 Å². The average Bonchev–Trinajstić information content (AvgIpc) is 2.03. The molecule has 12 heavy (non-hydrogen) atoms. The quantitative estimate of drug-likeness (QED) is 0.713. The second-order valence-corrected chi connectivity index (χ2v) is 3.66. The van der Waals surface area contributed by atoms with Crippen LogP contribution in [0.1, 0.15) is 25.5 Å². The van der Waals surface area contributed by atoms with Crippen molar-refractivity contribution in [2.24, 2.45) is 0 Å². The number of hydrogen-bond donors (Lipinski definition) is 0. The van der Waals surface area contributed by atoms with E-state index in [2.05, 4.69) is 20.9 Å². The highest BCUT2D eigenvalue weighted by Gasteiger charge is 2.14. The van der Waals surface area contributed by atoms with Crippen LogP contribution in [0.15, 0.2) is 22.8 Å². The Bertz CT molecular complexity index is 262. The summed E-state index contributed by atoms with van der Waals surface area (Å²) in [5.74, 6) is -0.137. The standard InChI is InChI=1S/C9H11BrFN/c1-6(7(2)11)8-4-3-5-9(10)12-8/h3-7H,1-2H3/t6-,7?/m1/s1. The lowest BCUT2D eigenvalue weighted by Crippen LogP contribution is -2.07. The zero-order valence-electron chi connectivity index (χ0n) is 7.09. The molecule has 1 aromatic rings. The molecular weight excluding hydrogens is 221 g/mol. The summed E-state index contributed by atoms with van der Waals surface area (Å²) >= 11 is 3.25. The minimum Gasteiger partial charge on any atom is -0.247 e. The Morgan fingerprint density at radius 2 is 2.08 bits per heavy atom. The maximum Gasteiger partial charge on any atom is 0.106 e. The normalized spacial score (nSPS) is 15.7. The van der Waals surface area contributed by atoms with Gasteiger partial charge in [-0.2, -0.15) is 0 Å². The van der Waals surface area contributed by atoms with Crippen LogP contribution < -0.4 is 0 Å². The molecule has 0 saturated heterocycles. The molecule has 1 aromatic heterocycles. The molecule has 0 aromatic carbocycles. The van der Waals surface area contributed by atoms with Crippen LogP contribution >= 0.6 is 15.9 Å². The molecule has 0 N–H and O–H groups in total. The second kappa shape index (κ2) is 3.99. The van der Waals surface area contributed by atoms with Crippen LogP contribution in [-0.2, 0) is 0 Å². The predicted octanol–water partition coefficient (Wildman–Crippen LogP) is 3.31. The van der Waals surface area contributed by atoms with Gasteiger partial charge < -0.3 is 0 Å². The SMILES string of the molecule is CC(F)[C@@H](C)c1cccc(Br)n1. The summed E-state index contributed by atoms with van der Waals surface area (Å²) in [5.41, 5.74) is 0.791. The summed E-state index contributed by atoms with van der Waals surface area (Å²) in [6.45, 7) is 3.38. The van der Waals surface area contributed by atoms with Crippen molar-refractivity contribution in [1.29, 1.82) is 0 Å². The molecule has 0 aliphatic heterocycles. The smallest absolute Gasteiger partial charge is 0.106 e. The fourth-order valence-corrected chi connectivity index (χ4v) is 1.27. The summed E-state index contributed by atoms with van der Waals surface area (Å²) in [6.07, 6.45) is -0.855. The second-order valence-electron chi connectivity index (χ2n) is 2.85. The minimum atomic E-state index is -0.855. The van der Waals surface area contributed by atoms with E-state index in [9.17, 15) is 4.39 Å². The van der Waals surface area contributed by atoms with Gasteiger partial charge in [0.05, 0.1) is 0 Å². The van der Waals surface area contributed by atoms with Crippen molar-refractivity contribution in [2.45, 2.75) is 25.9 Å². The third-order valence-electron chi connectivity index (χ3n) is 1.89.